The second-order valence-corrected chi connectivity index (χ2v) is 11.6. The zero-order valence-electron chi connectivity index (χ0n) is 22.6. The van der Waals surface area contributed by atoms with Gasteiger partial charge in [0.1, 0.15) is 0 Å². The van der Waals surface area contributed by atoms with Gasteiger partial charge in [-0.3, -0.25) is 14.4 Å². The van der Waals surface area contributed by atoms with Crippen LogP contribution in [0.3, 0.4) is 0 Å². The summed E-state index contributed by atoms with van der Waals surface area (Å²) in [6.45, 7) is 3.86. The van der Waals surface area contributed by atoms with Gasteiger partial charge in [0.25, 0.3) is 5.91 Å². The molecule has 3 heterocycles. The van der Waals surface area contributed by atoms with Gasteiger partial charge in [0.2, 0.25) is 11.8 Å². The Morgan fingerprint density at radius 1 is 0.923 bits per heavy atom. The van der Waals surface area contributed by atoms with Crippen molar-refractivity contribution in [1.29, 1.82) is 0 Å². The molecule has 0 unspecified atom stereocenters. The summed E-state index contributed by atoms with van der Waals surface area (Å²) in [4.78, 5) is 44.8. The summed E-state index contributed by atoms with van der Waals surface area (Å²) in [5.74, 6) is -0.0800. The van der Waals surface area contributed by atoms with E-state index in [2.05, 4.69) is 0 Å². The van der Waals surface area contributed by atoms with Crippen LogP contribution in [0.15, 0.2) is 48.7 Å². The van der Waals surface area contributed by atoms with Gasteiger partial charge in [-0.05, 0) is 43.0 Å². The summed E-state index contributed by atoms with van der Waals surface area (Å²) in [5.41, 5.74) is 2.63. The SMILES string of the molecule is CC(=O)N1CCC(C(=O)N2CC[C@@H](N(C)C(=O)c3cn(C)c4ccccc34)[C@H](c3ccc(Cl)c(Cl)c3)C2)CC1. The zero-order valence-corrected chi connectivity index (χ0v) is 24.1. The number of amides is 3. The smallest absolute Gasteiger partial charge is 0.256 e. The molecule has 7 nitrogen and oxygen atoms in total. The van der Waals surface area contributed by atoms with E-state index in [0.717, 1.165) is 16.5 Å². The highest BCUT2D eigenvalue weighted by Gasteiger charge is 2.39. The molecular formula is C30H34Cl2N4O3. The predicted molar refractivity (Wildman–Crippen MR) is 154 cm³/mol. The van der Waals surface area contributed by atoms with Gasteiger partial charge >= 0.3 is 0 Å². The Kier molecular flexibility index (Phi) is 7.92. The van der Waals surface area contributed by atoms with Crippen molar-refractivity contribution in [2.75, 3.05) is 33.2 Å². The van der Waals surface area contributed by atoms with E-state index in [1.807, 2.05) is 76.0 Å². The predicted octanol–water partition coefficient (Wildman–Crippen LogP) is 5.20. The van der Waals surface area contributed by atoms with Crippen LogP contribution in [-0.4, -0.2) is 76.3 Å². The molecular weight excluding hydrogens is 535 g/mol. The maximum Gasteiger partial charge on any atom is 0.256 e. The zero-order chi connectivity index (χ0) is 27.8. The first-order chi connectivity index (χ1) is 18.7. The highest BCUT2D eigenvalue weighted by atomic mass is 35.5. The van der Waals surface area contributed by atoms with Gasteiger partial charge in [0.15, 0.2) is 0 Å². The van der Waals surface area contributed by atoms with Crippen molar-refractivity contribution in [3.8, 4) is 0 Å². The molecule has 9 heteroatoms. The number of aryl methyl sites for hydroxylation is 1. The average Bonchev–Trinajstić information content (AvgIpc) is 3.29. The summed E-state index contributed by atoms with van der Waals surface area (Å²) in [7, 11) is 3.80. The second-order valence-electron chi connectivity index (χ2n) is 10.8. The Hall–Kier alpha value is -3.03. The van der Waals surface area contributed by atoms with Crippen LogP contribution in [0.25, 0.3) is 10.9 Å². The number of likely N-dealkylation sites (N-methyl/N-ethyl adjacent to an activating group) is 1. The fourth-order valence-corrected chi connectivity index (χ4v) is 6.53. The van der Waals surface area contributed by atoms with Gasteiger partial charge in [-0.1, -0.05) is 47.5 Å². The third-order valence-corrected chi connectivity index (χ3v) is 9.23. The fraction of sp³-hybridized carbons (Fsp3) is 0.433. The minimum absolute atomic E-state index is 0.0433. The first kappa shape index (κ1) is 27.5. The van der Waals surface area contributed by atoms with Crippen LogP contribution >= 0.6 is 23.2 Å². The molecule has 1 aromatic heterocycles. The Morgan fingerprint density at radius 3 is 2.31 bits per heavy atom. The van der Waals surface area contributed by atoms with Crippen LogP contribution in [0, 0.1) is 5.92 Å². The van der Waals surface area contributed by atoms with Crippen molar-refractivity contribution in [2.24, 2.45) is 13.0 Å². The Bertz CT molecular complexity index is 1410. The minimum Gasteiger partial charge on any atom is -0.350 e. The number of piperidine rings is 2. The fourth-order valence-electron chi connectivity index (χ4n) is 6.23. The lowest BCUT2D eigenvalue weighted by molar-refractivity contribution is -0.141. The maximum atomic E-state index is 13.9. The number of rotatable bonds is 4. The van der Waals surface area contributed by atoms with Gasteiger partial charge in [-0.25, -0.2) is 0 Å². The second kappa shape index (κ2) is 11.2. The summed E-state index contributed by atoms with van der Waals surface area (Å²) in [5, 5.41) is 1.85. The quantitative estimate of drug-likeness (QED) is 0.434. The van der Waals surface area contributed by atoms with Gasteiger partial charge in [0.05, 0.1) is 15.6 Å². The molecule has 2 saturated heterocycles. The number of aromatic nitrogens is 1. The van der Waals surface area contributed by atoms with Crippen LogP contribution in [-0.2, 0) is 16.6 Å². The number of hydrogen-bond acceptors (Lipinski definition) is 3. The standard InChI is InChI=1S/C30H34Cl2N4O3/c1-19(37)35-13-10-20(11-14-35)29(38)36-15-12-28(23(18-36)21-8-9-25(31)26(32)16-21)34(3)30(39)24-17-33(2)27-7-5-4-6-22(24)27/h4-9,16-17,20,23,28H,10-15,18H2,1-3H3/t23-,28+/m0/s1. The molecule has 0 radical (unpaired) electrons. The summed E-state index contributed by atoms with van der Waals surface area (Å²) in [6, 6.07) is 13.4. The Balaban J connectivity index is 1.40. The van der Waals surface area contributed by atoms with Gasteiger partial charge in [-0.2, -0.15) is 0 Å². The number of benzene rings is 2. The molecule has 39 heavy (non-hydrogen) atoms. The van der Waals surface area contributed by atoms with Crippen molar-refractivity contribution in [3.05, 3.63) is 69.8 Å². The van der Waals surface area contributed by atoms with E-state index < -0.39 is 0 Å². The number of carbonyl (C=O) groups is 3. The lowest BCUT2D eigenvalue weighted by Crippen LogP contribution is -2.53. The third-order valence-electron chi connectivity index (χ3n) is 8.49. The molecule has 2 aliphatic heterocycles. The van der Waals surface area contributed by atoms with E-state index in [1.54, 1.807) is 13.0 Å². The number of fused-ring (bicyclic) bond motifs is 1. The van der Waals surface area contributed by atoms with Gasteiger partial charge in [0, 0.05) is 82.2 Å². The Labute approximate surface area is 239 Å². The van der Waals surface area contributed by atoms with Crippen LogP contribution in [0.2, 0.25) is 10.0 Å². The van der Waals surface area contributed by atoms with Crippen molar-refractivity contribution in [2.45, 2.75) is 38.1 Å². The molecule has 2 aliphatic rings. The minimum atomic E-state index is -0.127. The third kappa shape index (κ3) is 5.39. The molecule has 206 valence electrons. The van der Waals surface area contributed by atoms with Crippen molar-refractivity contribution >= 4 is 51.8 Å². The van der Waals surface area contributed by atoms with Crippen LogP contribution in [0.1, 0.15) is 48.0 Å². The van der Waals surface area contributed by atoms with Gasteiger partial charge in [-0.15, -0.1) is 0 Å². The lowest BCUT2D eigenvalue weighted by atomic mass is 9.83. The van der Waals surface area contributed by atoms with Gasteiger partial charge < -0.3 is 19.3 Å². The van der Waals surface area contributed by atoms with E-state index >= 15 is 0 Å². The lowest BCUT2D eigenvalue weighted by Gasteiger charge is -2.44. The van der Waals surface area contributed by atoms with E-state index in [0.29, 0.717) is 61.1 Å². The number of likely N-dealkylation sites (tertiary alicyclic amines) is 2. The summed E-state index contributed by atoms with van der Waals surface area (Å²) < 4.78 is 1.98. The molecule has 2 fully saturated rings. The van der Waals surface area contributed by atoms with Crippen molar-refractivity contribution in [1.82, 2.24) is 19.3 Å². The largest absolute Gasteiger partial charge is 0.350 e. The summed E-state index contributed by atoms with van der Waals surface area (Å²) >= 11 is 12.6. The molecule has 0 N–H and O–H groups in total. The normalized spacial score (nSPS) is 20.3. The van der Waals surface area contributed by atoms with Crippen molar-refractivity contribution in [3.63, 3.8) is 0 Å². The van der Waals surface area contributed by atoms with Crippen LogP contribution in [0.4, 0.5) is 0 Å². The van der Waals surface area contributed by atoms with Crippen molar-refractivity contribution < 1.29 is 14.4 Å². The number of para-hydroxylation sites is 1. The maximum absolute atomic E-state index is 13.9. The van der Waals surface area contributed by atoms with Crippen LogP contribution in [0.5, 0.6) is 0 Å². The van der Waals surface area contributed by atoms with E-state index in [1.165, 1.54) is 0 Å². The topological polar surface area (TPSA) is 65.9 Å². The summed E-state index contributed by atoms with van der Waals surface area (Å²) in [6.07, 6.45) is 3.89. The number of halogens is 2. The molecule has 0 spiro atoms. The van der Waals surface area contributed by atoms with E-state index in [9.17, 15) is 14.4 Å². The van der Waals surface area contributed by atoms with Crippen LogP contribution < -0.4 is 0 Å². The molecule has 0 aliphatic carbocycles. The monoisotopic (exact) mass is 568 g/mol. The Morgan fingerprint density at radius 2 is 1.62 bits per heavy atom. The van der Waals surface area contributed by atoms with E-state index in [4.69, 9.17) is 23.2 Å². The molecule has 3 amide bonds. The molecule has 2 atom stereocenters. The van der Waals surface area contributed by atoms with E-state index in [-0.39, 0.29) is 35.6 Å². The average molecular weight is 570 g/mol. The highest BCUT2D eigenvalue weighted by molar-refractivity contribution is 6.42. The molecule has 3 aromatic rings. The first-order valence-electron chi connectivity index (χ1n) is 13.5. The first-order valence-corrected chi connectivity index (χ1v) is 14.2. The molecule has 2 aromatic carbocycles. The molecule has 5 rings (SSSR count). The molecule has 0 bridgehead atoms. The number of hydrogen-bond donors (Lipinski definition) is 0. The number of nitrogens with zero attached hydrogens (tertiary/aromatic N) is 4. The number of carbonyl (C=O) groups excluding carboxylic acids is 3. The molecule has 0 saturated carbocycles. The highest BCUT2D eigenvalue weighted by Crippen LogP contribution is 2.36.